The number of nitrogens with zero attached hydrogens (tertiary/aromatic N) is 1. The highest BCUT2D eigenvalue weighted by Crippen LogP contribution is 2.66. The molecule has 3 saturated carbocycles. The molecule has 1 aromatic rings. The number of benzene rings is 1. The Bertz CT molecular complexity index is 1320. The summed E-state index contributed by atoms with van der Waals surface area (Å²) in [5, 5.41) is 0. The number of carbonyl (C=O) groups is 2. The second-order valence-corrected chi connectivity index (χ2v) is 14.5. The van der Waals surface area contributed by atoms with Crippen LogP contribution in [0.1, 0.15) is 95.7 Å². The van der Waals surface area contributed by atoms with Crippen LogP contribution in [0.4, 0.5) is 0 Å². The third-order valence-electron chi connectivity index (χ3n) is 12.7. The molecule has 7 heteroatoms. The van der Waals surface area contributed by atoms with Crippen LogP contribution >= 0.6 is 0 Å². The standard InChI is InChI=1S/C35H47NO6/c1-20(37)42-23-10-13-34(2)22(17-23)6-7-24-25-8-9-27(35(25,3)14-11-26(24)34)29(38)18-28-31-21(12-15-36(28)4)16-30-32(33(31)39-5)41-19-40-30/h6,16,23-28H,7-15,17-19H2,1-5H3/t23-,24-,25+,26-,27+,28-,34+,35+/m0/s1. The number of fused-ring (bicyclic) bond motifs is 7. The Labute approximate surface area is 250 Å². The van der Waals surface area contributed by atoms with E-state index in [0.717, 1.165) is 75.0 Å². The molecule has 7 rings (SSSR count). The number of Topliss-reactive ketones (excluding diaryl/α,β-unsaturated/α-hetero) is 1. The predicted octanol–water partition coefficient (Wildman–Crippen LogP) is 6.42. The highest BCUT2D eigenvalue weighted by molar-refractivity contribution is 5.83. The van der Waals surface area contributed by atoms with E-state index in [1.54, 1.807) is 7.11 Å². The molecule has 0 aromatic heterocycles. The van der Waals surface area contributed by atoms with Crippen LogP contribution in [0.2, 0.25) is 0 Å². The maximum Gasteiger partial charge on any atom is 0.302 e. The van der Waals surface area contributed by atoms with Crippen LogP contribution in [0.25, 0.3) is 0 Å². The van der Waals surface area contributed by atoms with Gasteiger partial charge in [0.15, 0.2) is 11.5 Å². The molecule has 2 aliphatic heterocycles. The Hall–Kier alpha value is -2.54. The van der Waals surface area contributed by atoms with Gasteiger partial charge in [-0.05, 0) is 98.6 Å². The first-order valence-electron chi connectivity index (χ1n) is 16.2. The molecule has 0 saturated heterocycles. The molecule has 4 aliphatic carbocycles. The normalized spacial score (nSPS) is 38.5. The fraction of sp³-hybridized carbons (Fsp3) is 0.714. The Morgan fingerprint density at radius 2 is 1.93 bits per heavy atom. The van der Waals surface area contributed by atoms with Crippen LogP contribution in [0.3, 0.4) is 0 Å². The van der Waals surface area contributed by atoms with Crippen molar-refractivity contribution >= 4 is 11.8 Å². The fourth-order valence-electron chi connectivity index (χ4n) is 10.6. The number of ether oxygens (including phenoxy) is 4. The topological polar surface area (TPSA) is 74.3 Å². The van der Waals surface area contributed by atoms with Crippen LogP contribution in [0.5, 0.6) is 17.2 Å². The summed E-state index contributed by atoms with van der Waals surface area (Å²) in [4.78, 5) is 28.3. The molecule has 0 radical (unpaired) electrons. The van der Waals surface area contributed by atoms with Gasteiger partial charge in [-0.25, -0.2) is 0 Å². The molecular formula is C35H47NO6. The summed E-state index contributed by atoms with van der Waals surface area (Å²) in [5.41, 5.74) is 4.09. The van der Waals surface area contributed by atoms with Crippen molar-refractivity contribution in [3.8, 4) is 17.2 Å². The van der Waals surface area contributed by atoms with Gasteiger partial charge in [0.05, 0.1) is 7.11 Å². The minimum absolute atomic E-state index is 0.0174. The molecule has 8 atom stereocenters. The molecule has 0 amide bonds. The zero-order valence-electron chi connectivity index (χ0n) is 26.0. The predicted molar refractivity (Wildman–Crippen MR) is 159 cm³/mol. The van der Waals surface area contributed by atoms with Crippen molar-refractivity contribution in [2.75, 3.05) is 27.5 Å². The molecule has 0 N–H and O–H groups in total. The maximum atomic E-state index is 14.4. The Morgan fingerprint density at radius 3 is 2.71 bits per heavy atom. The van der Waals surface area contributed by atoms with Gasteiger partial charge in [0.1, 0.15) is 11.9 Å². The number of likely N-dealkylation sites (N-methyl/N-ethyl adjacent to an activating group) is 1. The fourth-order valence-corrected chi connectivity index (χ4v) is 10.6. The zero-order valence-corrected chi connectivity index (χ0v) is 26.0. The summed E-state index contributed by atoms with van der Waals surface area (Å²) in [6, 6.07) is 2.08. The first-order valence-corrected chi connectivity index (χ1v) is 16.2. The molecule has 42 heavy (non-hydrogen) atoms. The van der Waals surface area contributed by atoms with E-state index in [9.17, 15) is 9.59 Å². The van der Waals surface area contributed by atoms with Crippen LogP contribution in [0.15, 0.2) is 17.7 Å². The average molecular weight is 578 g/mol. The second-order valence-electron chi connectivity index (χ2n) is 14.5. The summed E-state index contributed by atoms with van der Waals surface area (Å²) in [7, 11) is 3.83. The molecule has 3 fully saturated rings. The van der Waals surface area contributed by atoms with E-state index in [4.69, 9.17) is 18.9 Å². The van der Waals surface area contributed by atoms with Gasteiger partial charge in [0.25, 0.3) is 0 Å². The monoisotopic (exact) mass is 577 g/mol. The summed E-state index contributed by atoms with van der Waals surface area (Å²) < 4.78 is 23.0. The highest BCUT2D eigenvalue weighted by atomic mass is 16.7. The third-order valence-corrected chi connectivity index (χ3v) is 12.7. The lowest BCUT2D eigenvalue weighted by molar-refractivity contribution is -0.149. The lowest BCUT2D eigenvalue weighted by Gasteiger charge is -2.58. The van der Waals surface area contributed by atoms with E-state index in [0.29, 0.717) is 35.7 Å². The Morgan fingerprint density at radius 1 is 1.10 bits per heavy atom. The molecule has 2 heterocycles. The quantitative estimate of drug-likeness (QED) is 0.295. The number of hydrogen-bond acceptors (Lipinski definition) is 7. The van der Waals surface area contributed by atoms with Crippen molar-refractivity contribution in [3.63, 3.8) is 0 Å². The van der Waals surface area contributed by atoms with Gasteiger partial charge < -0.3 is 18.9 Å². The lowest BCUT2D eigenvalue weighted by Crippen LogP contribution is -2.51. The number of ketones is 1. The molecule has 0 spiro atoms. The van der Waals surface area contributed by atoms with Crippen LogP contribution in [-0.4, -0.2) is 50.3 Å². The van der Waals surface area contributed by atoms with Gasteiger partial charge in [-0.15, -0.1) is 0 Å². The summed E-state index contributed by atoms with van der Waals surface area (Å²) in [6.45, 7) is 7.57. The first-order chi connectivity index (χ1) is 20.1. The maximum absolute atomic E-state index is 14.4. The van der Waals surface area contributed by atoms with E-state index >= 15 is 0 Å². The lowest BCUT2D eigenvalue weighted by atomic mass is 9.47. The van der Waals surface area contributed by atoms with Gasteiger partial charge in [0.2, 0.25) is 12.5 Å². The van der Waals surface area contributed by atoms with Crippen molar-refractivity contribution in [1.29, 1.82) is 0 Å². The van der Waals surface area contributed by atoms with E-state index in [1.165, 1.54) is 24.5 Å². The molecule has 0 bridgehead atoms. The van der Waals surface area contributed by atoms with Crippen molar-refractivity contribution in [1.82, 2.24) is 4.90 Å². The molecule has 1 aromatic carbocycles. The molecule has 7 nitrogen and oxygen atoms in total. The number of esters is 1. The van der Waals surface area contributed by atoms with Crippen molar-refractivity contribution in [2.45, 2.75) is 97.1 Å². The number of carbonyl (C=O) groups excluding carboxylic acids is 2. The first kappa shape index (κ1) is 28.2. The van der Waals surface area contributed by atoms with Gasteiger partial charge in [-0.3, -0.25) is 14.5 Å². The Kier molecular flexibility index (Phi) is 6.91. The summed E-state index contributed by atoms with van der Waals surface area (Å²) >= 11 is 0. The smallest absolute Gasteiger partial charge is 0.302 e. The second kappa shape index (κ2) is 10.3. The number of allylic oxidation sites excluding steroid dienone is 1. The van der Waals surface area contributed by atoms with Crippen LogP contribution in [0, 0.1) is 34.5 Å². The van der Waals surface area contributed by atoms with Crippen molar-refractivity contribution in [2.24, 2.45) is 34.5 Å². The van der Waals surface area contributed by atoms with Gasteiger partial charge in [-0.2, -0.15) is 0 Å². The number of rotatable bonds is 5. The van der Waals surface area contributed by atoms with E-state index < -0.39 is 0 Å². The summed E-state index contributed by atoms with van der Waals surface area (Å²) in [5.74, 6) is 4.42. The third kappa shape index (κ3) is 4.23. The average Bonchev–Trinajstić information content (AvgIpc) is 3.57. The summed E-state index contributed by atoms with van der Waals surface area (Å²) in [6.07, 6.45) is 12.5. The van der Waals surface area contributed by atoms with E-state index in [1.807, 2.05) is 0 Å². The number of methoxy groups -OCH3 is 1. The number of hydrogen-bond donors (Lipinski definition) is 0. The molecule has 228 valence electrons. The van der Waals surface area contributed by atoms with Gasteiger partial charge in [0, 0.05) is 43.8 Å². The van der Waals surface area contributed by atoms with E-state index in [-0.39, 0.29) is 41.7 Å². The van der Waals surface area contributed by atoms with Crippen molar-refractivity contribution in [3.05, 3.63) is 28.8 Å². The minimum Gasteiger partial charge on any atom is -0.492 e. The minimum atomic E-state index is -0.166. The SMILES string of the molecule is COc1c2c(cc3c1[C@H](CC(=O)[C@H]1CC[C@@H]4[C@@H]5CC=C6C[C@@H](OC(C)=O)CC[C@@]6(C)[C@H]5CC[C@@]14C)N(C)CC3)OCO2. The van der Waals surface area contributed by atoms with Gasteiger partial charge >= 0.3 is 5.97 Å². The Balaban J connectivity index is 1.11. The zero-order chi connectivity index (χ0) is 29.4. The largest absolute Gasteiger partial charge is 0.492 e. The van der Waals surface area contributed by atoms with Crippen LogP contribution in [-0.2, 0) is 20.7 Å². The molecule has 6 aliphatic rings. The highest BCUT2D eigenvalue weighted by Gasteiger charge is 2.60. The molecular weight excluding hydrogens is 530 g/mol. The van der Waals surface area contributed by atoms with E-state index in [2.05, 4.69) is 37.9 Å². The van der Waals surface area contributed by atoms with Gasteiger partial charge in [-0.1, -0.05) is 25.5 Å². The molecule has 0 unspecified atom stereocenters. The van der Waals surface area contributed by atoms with Crippen LogP contribution < -0.4 is 14.2 Å². The van der Waals surface area contributed by atoms with Crippen molar-refractivity contribution < 1.29 is 28.5 Å².